The summed E-state index contributed by atoms with van der Waals surface area (Å²) in [6.45, 7) is 0.981. The molecule has 0 radical (unpaired) electrons. The van der Waals surface area contributed by atoms with Crippen molar-refractivity contribution in [1.82, 2.24) is 4.90 Å². The van der Waals surface area contributed by atoms with Gasteiger partial charge in [-0.05, 0) is 48.4 Å². The van der Waals surface area contributed by atoms with Crippen LogP contribution in [-0.2, 0) is 16.0 Å². The number of amides is 2. The summed E-state index contributed by atoms with van der Waals surface area (Å²) in [4.78, 5) is 26.6. The van der Waals surface area contributed by atoms with E-state index in [9.17, 15) is 9.59 Å². The first-order valence-electron chi connectivity index (χ1n) is 9.47. The van der Waals surface area contributed by atoms with Crippen LogP contribution < -0.4 is 19.5 Å². The fourth-order valence-corrected chi connectivity index (χ4v) is 3.38. The molecular weight excluding hydrogens is 372 g/mol. The van der Waals surface area contributed by atoms with Crippen molar-refractivity contribution in [2.24, 2.45) is 5.92 Å². The monoisotopic (exact) mass is 398 g/mol. The molecule has 1 aliphatic heterocycles. The number of hydrogen-bond donors (Lipinski definition) is 1. The van der Waals surface area contributed by atoms with Gasteiger partial charge in [0.1, 0.15) is 5.75 Å². The number of carbonyl (C=O) groups is 2. The fraction of sp³-hybridized carbons (Fsp3) is 0.364. The van der Waals surface area contributed by atoms with Crippen LogP contribution in [0.1, 0.15) is 12.0 Å². The molecule has 1 aliphatic rings. The van der Waals surface area contributed by atoms with Gasteiger partial charge in [0.25, 0.3) is 0 Å². The van der Waals surface area contributed by atoms with Gasteiger partial charge in [-0.2, -0.15) is 0 Å². The van der Waals surface area contributed by atoms with E-state index < -0.39 is 0 Å². The van der Waals surface area contributed by atoms with E-state index in [4.69, 9.17) is 14.2 Å². The highest BCUT2D eigenvalue weighted by atomic mass is 16.5. The van der Waals surface area contributed by atoms with Gasteiger partial charge in [0.05, 0.1) is 27.2 Å². The van der Waals surface area contributed by atoms with Crippen molar-refractivity contribution in [2.75, 3.05) is 39.7 Å². The molecule has 154 valence electrons. The van der Waals surface area contributed by atoms with Crippen LogP contribution in [0.2, 0.25) is 0 Å². The van der Waals surface area contributed by atoms with Crippen molar-refractivity contribution in [3.8, 4) is 17.2 Å². The number of anilines is 1. The summed E-state index contributed by atoms with van der Waals surface area (Å²) < 4.78 is 15.7. The second-order valence-electron chi connectivity index (χ2n) is 6.90. The van der Waals surface area contributed by atoms with E-state index in [1.54, 1.807) is 50.5 Å². The van der Waals surface area contributed by atoms with E-state index in [2.05, 4.69) is 5.32 Å². The highest BCUT2D eigenvalue weighted by Crippen LogP contribution is 2.28. The summed E-state index contributed by atoms with van der Waals surface area (Å²) in [5.41, 5.74) is 1.73. The molecule has 7 nitrogen and oxygen atoms in total. The van der Waals surface area contributed by atoms with Gasteiger partial charge < -0.3 is 24.4 Å². The summed E-state index contributed by atoms with van der Waals surface area (Å²) in [5.74, 6) is 1.56. The Bertz CT molecular complexity index is 866. The van der Waals surface area contributed by atoms with Crippen LogP contribution in [0, 0.1) is 5.92 Å². The summed E-state index contributed by atoms with van der Waals surface area (Å²) in [7, 11) is 4.78. The molecule has 29 heavy (non-hydrogen) atoms. The smallest absolute Gasteiger partial charge is 0.229 e. The van der Waals surface area contributed by atoms with Crippen molar-refractivity contribution in [2.45, 2.75) is 12.8 Å². The number of carbonyl (C=O) groups excluding carboxylic acids is 2. The molecule has 0 aromatic heterocycles. The highest BCUT2D eigenvalue weighted by Gasteiger charge is 2.34. The molecular formula is C22H26N2O5. The van der Waals surface area contributed by atoms with E-state index >= 15 is 0 Å². The third-order valence-corrected chi connectivity index (χ3v) is 5.06. The molecule has 2 aromatic carbocycles. The predicted octanol–water partition coefficient (Wildman–Crippen LogP) is 2.74. The number of ether oxygens (including phenoxy) is 3. The Morgan fingerprint density at radius 2 is 1.76 bits per heavy atom. The molecule has 0 spiro atoms. The Labute approximate surface area is 170 Å². The zero-order valence-electron chi connectivity index (χ0n) is 16.9. The van der Waals surface area contributed by atoms with E-state index in [1.165, 1.54) is 0 Å². The SMILES string of the molecule is COc1ccc(NC(=O)C2CC(=O)N(CCc3ccc(OC)c(OC)c3)C2)cc1. The van der Waals surface area contributed by atoms with Crippen LogP contribution in [0.15, 0.2) is 42.5 Å². The Morgan fingerprint density at radius 1 is 1.03 bits per heavy atom. The number of likely N-dealkylation sites (tertiary alicyclic amines) is 1. The molecule has 2 aromatic rings. The molecule has 0 aliphatic carbocycles. The maximum Gasteiger partial charge on any atom is 0.229 e. The van der Waals surface area contributed by atoms with Crippen LogP contribution in [0.4, 0.5) is 5.69 Å². The number of hydrogen-bond acceptors (Lipinski definition) is 5. The minimum atomic E-state index is -0.352. The van der Waals surface area contributed by atoms with Gasteiger partial charge in [-0.15, -0.1) is 0 Å². The summed E-state index contributed by atoms with van der Waals surface area (Å²) in [6, 6.07) is 12.8. The molecule has 0 bridgehead atoms. The first kappa shape index (κ1) is 20.5. The maximum absolute atomic E-state index is 12.5. The third-order valence-electron chi connectivity index (χ3n) is 5.06. The van der Waals surface area contributed by atoms with Crippen molar-refractivity contribution in [1.29, 1.82) is 0 Å². The second kappa shape index (κ2) is 9.32. The van der Waals surface area contributed by atoms with E-state index in [0.717, 1.165) is 11.3 Å². The fourth-order valence-electron chi connectivity index (χ4n) is 3.38. The van der Waals surface area contributed by atoms with Gasteiger partial charge in [-0.25, -0.2) is 0 Å². The van der Waals surface area contributed by atoms with Crippen molar-refractivity contribution in [3.63, 3.8) is 0 Å². The zero-order valence-corrected chi connectivity index (χ0v) is 16.9. The van der Waals surface area contributed by atoms with Gasteiger partial charge in [0.2, 0.25) is 11.8 Å². The Hall–Kier alpha value is -3.22. The molecule has 7 heteroatoms. The number of rotatable bonds is 8. The van der Waals surface area contributed by atoms with Gasteiger partial charge in [0, 0.05) is 25.2 Å². The lowest BCUT2D eigenvalue weighted by Gasteiger charge is -2.17. The van der Waals surface area contributed by atoms with Gasteiger partial charge in [-0.3, -0.25) is 9.59 Å². The van der Waals surface area contributed by atoms with Gasteiger partial charge in [0.15, 0.2) is 11.5 Å². The molecule has 1 atom stereocenters. The maximum atomic E-state index is 12.5. The van der Waals surface area contributed by atoms with Crippen molar-refractivity contribution in [3.05, 3.63) is 48.0 Å². The Morgan fingerprint density at radius 3 is 2.41 bits per heavy atom. The quantitative estimate of drug-likeness (QED) is 0.740. The van der Waals surface area contributed by atoms with E-state index in [-0.39, 0.29) is 24.2 Å². The normalized spacial score (nSPS) is 15.9. The lowest BCUT2D eigenvalue weighted by Crippen LogP contribution is -2.30. The lowest BCUT2D eigenvalue weighted by molar-refractivity contribution is -0.128. The first-order chi connectivity index (χ1) is 14.0. The van der Waals surface area contributed by atoms with Gasteiger partial charge >= 0.3 is 0 Å². The summed E-state index contributed by atoms with van der Waals surface area (Å²) >= 11 is 0. The molecule has 0 saturated carbocycles. The van der Waals surface area contributed by atoms with Crippen LogP contribution in [0.3, 0.4) is 0 Å². The molecule has 1 heterocycles. The number of benzene rings is 2. The zero-order chi connectivity index (χ0) is 20.8. The van der Waals surface area contributed by atoms with Crippen LogP contribution in [0.25, 0.3) is 0 Å². The molecule has 1 N–H and O–H groups in total. The van der Waals surface area contributed by atoms with Crippen LogP contribution in [0.5, 0.6) is 17.2 Å². The van der Waals surface area contributed by atoms with E-state index in [1.807, 2.05) is 18.2 Å². The van der Waals surface area contributed by atoms with Crippen LogP contribution >= 0.6 is 0 Å². The molecule has 1 saturated heterocycles. The first-order valence-corrected chi connectivity index (χ1v) is 9.47. The summed E-state index contributed by atoms with van der Waals surface area (Å²) in [6.07, 6.45) is 0.910. The molecule has 2 amide bonds. The minimum absolute atomic E-state index is 0.000331. The van der Waals surface area contributed by atoms with Crippen molar-refractivity contribution < 1.29 is 23.8 Å². The minimum Gasteiger partial charge on any atom is -0.497 e. The number of nitrogens with one attached hydrogen (secondary N) is 1. The Kier molecular flexibility index (Phi) is 6.59. The lowest BCUT2D eigenvalue weighted by atomic mass is 10.1. The molecule has 1 fully saturated rings. The number of nitrogens with zero attached hydrogens (tertiary/aromatic N) is 1. The average Bonchev–Trinajstić information content (AvgIpc) is 3.13. The molecule has 3 rings (SSSR count). The average molecular weight is 398 g/mol. The standard InChI is InChI=1S/C22H26N2O5/c1-27-18-7-5-17(6-8-18)23-22(26)16-13-21(25)24(14-16)11-10-15-4-9-19(28-2)20(12-15)29-3/h4-9,12,16H,10-11,13-14H2,1-3H3,(H,23,26). The van der Waals surface area contributed by atoms with Crippen molar-refractivity contribution >= 4 is 17.5 Å². The number of methoxy groups -OCH3 is 3. The van der Waals surface area contributed by atoms with E-state index in [0.29, 0.717) is 36.7 Å². The molecule has 1 unspecified atom stereocenters. The second-order valence-corrected chi connectivity index (χ2v) is 6.90. The summed E-state index contributed by atoms with van der Waals surface area (Å²) in [5, 5.41) is 2.87. The predicted molar refractivity (Wildman–Crippen MR) is 110 cm³/mol. The van der Waals surface area contributed by atoms with Crippen LogP contribution in [-0.4, -0.2) is 51.1 Å². The Balaban J connectivity index is 1.55. The highest BCUT2D eigenvalue weighted by molar-refractivity contribution is 5.97. The van der Waals surface area contributed by atoms with Gasteiger partial charge in [-0.1, -0.05) is 6.07 Å². The topological polar surface area (TPSA) is 77.1 Å². The largest absolute Gasteiger partial charge is 0.497 e. The third kappa shape index (κ3) is 4.99.